The van der Waals surface area contributed by atoms with Crippen molar-refractivity contribution in [1.82, 2.24) is 5.32 Å². The van der Waals surface area contributed by atoms with Gasteiger partial charge in [-0.3, -0.25) is 0 Å². The Labute approximate surface area is 135 Å². The standard InChI is InChI=1S/C17H24BrNO2/c1-13-10-15(18)11-14(12-19-8-9-20-2)17(13)21-16-6-4-3-5-7-16/h4,6,10-11,16,19H,3,5,7-9,12H2,1-2H3. The molecule has 1 aliphatic carbocycles. The molecule has 0 saturated carbocycles. The average Bonchev–Trinajstić information content (AvgIpc) is 2.48. The zero-order valence-corrected chi connectivity index (χ0v) is 14.4. The maximum absolute atomic E-state index is 6.25. The Morgan fingerprint density at radius 1 is 1.38 bits per heavy atom. The van der Waals surface area contributed by atoms with Gasteiger partial charge in [0.1, 0.15) is 11.9 Å². The minimum Gasteiger partial charge on any atom is -0.486 e. The van der Waals surface area contributed by atoms with Crippen LogP contribution in [0.5, 0.6) is 5.75 Å². The molecule has 1 aliphatic rings. The highest BCUT2D eigenvalue weighted by Crippen LogP contribution is 2.30. The summed E-state index contributed by atoms with van der Waals surface area (Å²) in [6, 6.07) is 4.25. The van der Waals surface area contributed by atoms with E-state index in [2.05, 4.69) is 52.5 Å². The van der Waals surface area contributed by atoms with Crippen molar-refractivity contribution in [2.75, 3.05) is 20.3 Å². The smallest absolute Gasteiger partial charge is 0.127 e. The molecule has 0 radical (unpaired) electrons. The first-order valence-electron chi connectivity index (χ1n) is 7.52. The number of methoxy groups -OCH3 is 1. The van der Waals surface area contributed by atoms with Crippen molar-refractivity contribution in [2.24, 2.45) is 0 Å². The summed E-state index contributed by atoms with van der Waals surface area (Å²) in [4.78, 5) is 0. The molecule has 2 rings (SSSR count). The predicted molar refractivity (Wildman–Crippen MR) is 89.9 cm³/mol. The van der Waals surface area contributed by atoms with Crippen LogP contribution in [0.15, 0.2) is 28.8 Å². The van der Waals surface area contributed by atoms with Crippen LogP contribution in [0.4, 0.5) is 0 Å². The third kappa shape index (κ3) is 5.13. The molecular weight excluding hydrogens is 330 g/mol. The van der Waals surface area contributed by atoms with Crippen LogP contribution in [-0.2, 0) is 11.3 Å². The van der Waals surface area contributed by atoms with E-state index in [0.717, 1.165) is 29.7 Å². The average molecular weight is 354 g/mol. The van der Waals surface area contributed by atoms with Crippen molar-refractivity contribution in [3.8, 4) is 5.75 Å². The largest absolute Gasteiger partial charge is 0.486 e. The van der Waals surface area contributed by atoms with Crippen LogP contribution < -0.4 is 10.1 Å². The first-order chi connectivity index (χ1) is 10.2. The lowest BCUT2D eigenvalue weighted by molar-refractivity contribution is 0.198. The zero-order chi connectivity index (χ0) is 15.1. The molecule has 0 heterocycles. The summed E-state index contributed by atoms with van der Waals surface area (Å²) in [7, 11) is 1.72. The minimum atomic E-state index is 0.205. The van der Waals surface area contributed by atoms with Gasteiger partial charge in [-0.15, -0.1) is 0 Å². The van der Waals surface area contributed by atoms with Crippen molar-refractivity contribution < 1.29 is 9.47 Å². The Balaban J connectivity index is 2.09. The van der Waals surface area contributed by atoms with Crippen molar-refractivity contribution in [3.05, 3.63) is 39.9 Å². The fourth-order valence-electron chi connectivity index (χ4n) is 2.53. The molecule has 0 saturated heterocycles. The summed E-state index contributed by atoms with van der Waals surface area (Å²) in [6.45, 7) is 4.44. The third-order valence-corrected chi connectivity index (χ3v) is 4.05. The van der Waals surface area contributed by atoms with Gasteiger partial charge in [0.25, 0.3) is 0 Å². The first-order valence-corrected chi connectivity index (χ1v) is 8.32. The van der Waals surface area contributed by atoms with Gasteiger partial charge in [-0.2, -0.15) is 0 Å². The first kappa shape index (κ1) is 16.5. The molecule has 4 heteroatoms. The van der Waals surface area contributed by atoms with Gasteiger partial charge >= 0.3 is 0 Å². The summed E-state index contributed by atoms with van der Waals surface area (Å²) < 4.78 is 12.4. The number of ether oxygens (including phenoxy) is 2. The highest BCUT2D eigenvalue weighted by molar-refractivity contribution is 9.10. The monoisotopic (exact) mass is 353 g/mol. The van der Waals surface area contributed by atoms with Gasteiger partial charge in [0, 0.05) is 30.2 Å². The van der Waals surface area contributed by atoms with E-state index in [4.69, 9.17) is 9.47 Å². The van der Waals surface area contributed by atoms with Crippen molar-refractivity contribution in [1.29, 1.82) is 0 Å². The van der Waals surface area contributed by atoms with Crippen LogP contribution in [0.25, 0.3) is 0 Å². The second-order valence-corrected chi connectivity index (χ2v) is 6.31. The predicted octanol–water partition coefficient (Wildman–Crippen LogP) is 3.98. The number of rotatable bonds is 7. The molecule has 0 aromatic heterocycles. The summed E-state index contributed by atoms with van der Waals surface area (Å²) in [5.74, 6) is 1.01. The Bertz CT molecular complexity index is 488. The number of hydrogen-bond acceptors (Lipinski definition) is 3. The summed E-state index contributed by atoms with van der Waals surface area (Å²) in [5.41, 5.74) is 2.36. The Morgan fingerprint density at radius 2 is 2.24 bits per heavy atom. The number of halogens is 1. The second-order valence-electron chi connectivity index (χ2n) is 5.40. The van der Waals surface area contributed by atoms with E-state index in [1.165, 1.54) is 24.0 Å². The molecular formula is C17H24BrNO2. The van der Waals surface area contributed by atoms with Gasteiger partial charge in [0.2, 0.25) is 0 Å². The van der Waals surface area contributed by atoms with Gasteiger partial charge < -0.3 is 14.8 Å². The lowest BCUT2D eigenvalue weighted by Gasteiger charge is -2.22. The highest BCUT2D eigenvalue weighted by Gasteiger charge is 2.15. The van der Waals surface area contributed by atoms with Crippen LogP contribution in [0.3, 0.4) is 0 Å². The van der Waals surface area contributed by atoms with E-state index >= 15 is 0 Å². The van der Waals surface area contributed by atoms with Crippen molar-refractivity contribution in [3.63, 3.8) is 0 Å². The number of nitrogens with one attached hydrogen (secondary N) is 1. The topological polar surface area (TPSA) is 30.5 Å². The SMILES string of the molecule is COCCNCc1cc(Br)cc(C)c1OC1C=CCCC1. The van der Waals surface area contributed by atoms with Gasteiger partial charge in [-0.25, -0.2) is 0 Å². The summed E-state index contributed by atoms with van der Waals surface area (Å²) in [5, 5.41) is 3.39. The lowest BCUT2D eigenvalue weighted by Crippen LogP contribution is -2.21. The maximum atomic E-state index is 6.25. The molecule has 1 aromatic carbocycles. The molecule has 1 N–H and O–H groups in total. The molecule has 116 valence electrons. The maximum Gasteiger partial charge on any atom is 0.127 e. The Kier molecular flexibility index (Phi) is 6.74. The van der Waals surface area contributed by atoms with Crippen LogP contribution in [0, 0.1) is 6.92 Å². The van der Waals surface area contributed by atoms with E-state index in [1.54, 1.807) is 7.11 Å². The molecule has 3 nitrogen and oxygen atoms in total. The molecule has 21 heavy (non-hydrogen) atoms. The molecule has 0 fully saturated rings. The van der Waals surface area contributed by atoms with E-state index < -0.39 is 0 Å². The van der Waals surface area contributed by atoms with Crippen LogP contribution in [-0.4, -0.2) is 26.4 Å². The van der Waals surface area contributed by atoms with E-state index in [0.29, 0.717) is 6.61 Å². The van der Waals surface area contributed by atoms with Crippen LogP contribution in [0.2, 0.25) is 0 Å². The normalized spacial score (nSPS) is 18.0. The van der Waals surface area contributed by atoms with Gasteiger partial charge in [0.15, 0.2) is 0 Å². The number of allylic oxidation sites excluding steroid dienone is 1. The molecule has 1 unspecified atom stereocenters. The van der Waals surface area contributed by atoms with Crippen LogP contribution in [0.1, 0.15) is 30.4 Å². The Hall–Kier alpha value is -0.840. The van der Waals surface area contributed by atoms with Gasteiger partial charge in [0.05, 0.1) is 6.61 Å². The summed E-state index contributed by atoms with van der Waals surface area (Å²) >= 11 is 3.57. The fourth-order valence-corrected chi connectivity index (χ4v) is 3.15. The molecule has 1 atom stereocenters. The quantitative estimate of drug-likeness (QED) is 0.594. The third-order valence-electron chi connectivity index (χ3n) is 3.59. The molecule has 0 spiro atoms. The molecule has 1 aromatic rings. The summed E-state index contributed by atoms with van der Waals surface area (Å²) in [6.07, 6.45) is 8.09. The highest BCUT2D eigenvalue weighted by atomic mass is 79.9. The van der Waals surface area contributed by atoms with Crippen molar-refractivity contribution in [2.45, 2.75) is 38.8 Å². The van der Waals surface area contributed by atoms with Gasteiger partial charge in [-0.1, -0.05) is 22.0 Å². The lowest BCUT2D eigenvalue weighted by atomic mass is 10.0. The second kappa shape index (κ2) is 8.57. The minimum absolute atomic E-state index is 0.205. The van der Waals surface area contributed by atoms with Crippen LogP contribution >= 0.6 is 15.9 Å². The number of aryl methyl sites for hydroxylation is 1. The Morgan fingerprint density at radius 3 is 2.95 bits per heavy atom. The molecule has 0 amide bonds. The fraction of sp³-hybridized carbons (Fsp3) is 0.529. The molecule has 0 aliphatic heterocycles. The number of benzene rings is 1. The van der Waals surface area contributed by atoms with E-state index in [1.807, 2.05) is 0 Å². The van der Waals surface area contributed by atoms with E-state index in [-0.39, 0.29) is 6.10 Å². The number of hydrogen-bond donors (Lipinski definition) is 1. The molecule has 0 bridgehead atoms. The van der Waals surface area contributed by atoms with Gasteiger partial charge in [-0.05, 0) is 50.0 Å². The van der Waals surface area contributed by atoms with Crippen molar-refractivity contribution >= 4 is 15.9 Å². The van der Waals surface area contributed by atoms with E-state index in [9.17, 15) is 0 Å². The zero-order valence-electron chi connectivity index (χ0n) is 12.8.